The number of rotatable bonds is 10. The molecule has 1 aliphatic heterocycles. The first kappa shape index (κ1) is 26.5. The molecule has 0 amide bonds. The summed E-state index contributed by atoms with van der Waals surface area (Å²) in [7, 11) is 0. The molecule has 0 radical (unpaired) electrons. The third kappa shape index (κ3) is 5.41. The summed E-state index contributed by atoms with van der Waals surface area (Å²) in [6.07, 6.45) is 1.13. The highest BCUT2D eigenvalue weighted by molar-refractivity contribution is 6.28. The van der Waals surface area contributed by atoms with E-state index in [1.807, 2.05) is 0 Å². The molecule has 2 aromatic heterocycles. The zero-order valence-corrected chi connectivity index (χ0v) is 20.0. The molecule has 1 unspecified atom stereocenters. The second kappa shape index (κ2) is 10.8. The molecule has 3 aromatic rings. The Labute approximate surface area is 215 Å². The molecule has 12 nitrogen and oxygen atoms in total. The van der Waals surface area contributed by atoms with Crippen LogP contribution in [0.1, 0.15) is 23.9 Å². The number of fused-ring (bicyclic) bond motifs is 1. The lowest BCUT2D eigenvalue weighted by molar-refractivity contribution is -0.156. The monoisotopic (exact) mass is 530 g/mol. The van der Waals surface area contributed by atoms with Crippen molar-refractivity contribution in [2.45, 2.75) is 49.4 Å². The van der Waals surface area contributed by atoms with E-state index in [4.69, 9.17) is 32.6 Å². The number of halogens is 1. The largest absolute Gasteiger partial charge is 0.481 e. The quantitative estimate of drug-likeness (QED) is 0.215. The predicted molar refractivity (Wildman–Crippen MR) is 128 cm³/mol. The molecule has 4 N–H and O–H groups in total. The number of aliphatic hydroxyl groups is 2. The first-order chi connectivity index (χ1) is 17.6. The number of carboxylic acids is 2. The fraction of sp³-hybridized carbons (Fsp3) is 0.375. The molecule has 13 heteroatoms. The molecular formula is C24H23ClN4O8. The number of imidazole rings is 1. The van der Waals surface area contributed by atoms with Gasteiger partial charge in [-0.1, -0.05) is 36.3 Å². The van der Waals surface area contributed by atoms with Gasteiger partial charge >= 0.3 is 11.9 Å². The van der Waals surface area contributed by atoms with Gasteiger partial charge < -0.3 is 29.9 Å². The Morgan fingerprint density at radius 3 is 2.65 bits per heavy atom. The second-order valence-electron chi connectivity index (χ2n) is 8.44. The summed E-state index contributed by atoms with van der Waals surface area (Å²) in [5, 5.41) is 40.4. The Morgan fingerprint density at radius 2 is 2.00 bits per heavy atom. The molecule has 1 aromatic carbocycles. The summed E-state index contributed by atoms with van der Waals surface area (Å²) in [4.78, 5) is 35.1. The Kier molecular flexibility index (Phi) is 7.72. The maximum atomic E-state index is 11.8. The van der Waals surface area contributed by atoms with Crippen LogP contribution in [0.25, 0.3) is 11.2 Å². The number of benzene rings is 1. The Bertz CT molecular complexity index is 1340. The lowest BCUT2D eigenvalue weighted by Gasteiger charge is -2.26. The molecule has 0 aliphatic carbocycles. The summed E-state index contributed by atoms with van der Waals surface area (Å²) >= 11 is 6.03. The van der Waals surface area contributed by atoms with Gasteiger partial charge in [0.25, 0.3) is 0 Å². The summed E-state index contributed by atoms with van der Waals surface area (Å²) in [5.74, 6) is -0.121. The maximum absolute atomic E-state index is 11.8. The van der Waals surface area contributed by atoms with Crippen molar-refractivity contribution in [1.29, 1.82) is 0 Å². The van der Waals surface area contributed by atoms with Crippen LogP contribution in [0.4, 0.5) is 0 Å². The zero-order chi connectivity index (χ0) is 26.7. The second-order valence-corrected chi connectivity index (χ2v) is 8.77. The number of carbonyl (C=O) groups is 2. The van der Waals surface area contributed by atoms with Crippen molar-refractivity contribution in [2.75, 3.05) is 6.61 Å². The topological polar surface area (TPSA) is 177 Å². The molecule has 3 heterocycles. The number of aliphatic hydroxyl groups excluding tert-OH is 1. The predicted octanol–water partition coefficient (Wildman–Crippen LogP) is 0.832. The van der Waals surface area contributed by atoms with E-state index in [9.17, 15) is 24.9 Å². The highest BCUT2D eigenvalue weighted by atomic mass is 35.5. The van der Waals surface area contributed by atoms with Crippen molar-refractivity contribution in [3.63, 3.8) is 0 Å². The number of terminal acetylenes is 1. The van der Waals surface area contributed by atoms with Crippen molar-refractivity contribution in [1.82, 2.24) is 19.5 Å². The van der Waals surface area contributed by atoms with Crippen molar-refractivity contribution < 1.29 is 39.5 Å². The van der Waals surface area contributed by atoms with Crippen LogP contribution in [0.2, 0.25) is 5.28 Å². The minimum absolute atomic E-state index is 0.0297. The van der Waals surface area contributed by atoms with Crippen LogP contribution in [-0.4, -0.2) is 82.4 Å². The molecule has 1 saturated heterocycles. The van der Waals surface area contributed by atoms with Crippen LogP contribution < -0.4 is 0 Å². The highest BCUT2D eigenvalue weighted by Gasteiger charge is 2.56. The Balaban J connectivity index is 1.58. The average Bonchev–Trinajstić information content (AvgIpc) is 3.39. The molecule has 4 rings (SSSR count). The van der Waals surface area contributed by atoms with Gasteiger partial charge in [-0.05, 0) is 17.2 Å². The number of aryl methyl sites for hydroxylation is 1. The molecule has 37 heavy (non-hydrogen) atoms. The Hall–Kier alpha value is -3.60. The van der Waals surface area contributed by atoms with Gasteiger partial charge in [0, 0.05) is 12.8 Å². The molecule has 1 fully saturated rings. The van der Waals surface area contributed by atoms with Crippen LogP contribution in [0, 0.1) is 12.3 Å². The molecule has 1 aliphatic rings. The van der Waals surface area contributed by atoms with Gasteiger partial charge in [0.15, 0.2) is 23.6 Å². The van der Waals surface area contributed by atoms with Gasteiger partial charge in [-0.15, -0.1) is 6.42 Å². The van der Waals surface area contributed by atoms with E-state index < -0.39 is 48.7 Å². The third-order valence-corrected chi connectivity index (χ3v) is 6.22. The maximum Gasteiger partial charge on any atom is 0.333 e. The normalized spacial score (nSPS) is 24.1. The van der Waals surface area contributed by atoms with Crippen molar-refractivity contribution in [2.24, 2.45) is 0 Å². The summed E-state index contributed by atoms with van der Waals surface area (Å²) < 4.78 is 12.7. The van der Waals surface area contributed by atoms with Crippen LogP contribution in [0.15, 0.2) is 36.7 Å². The molecule has 0 spiro atoms. The van der Waals surface area contributed by atoms with Crippen LogP contribution in [0.5, 0.6) is 0 Å². The smallest absolute Gasteiger partial charge is 0.333 e. The lowest BCUT2D eigenvalue weighted by atomic mass is 9.93. The number of aromatic nitrogens is 4. The number of nitrogens with zero attached hydrogens (tertiary/aromatic N) is 4. The van der Waals surface area contributed by atoms with E-state index in [0.29, 0.717) is 0 Å². The third-order valence-electron chi connectivity index (χ3n) is 6.05. The molecule has 0 saturated carbocycles. The van der Waals surface area contributed by atoms with E-state index in [2.05, 4.69) is 20.9 Å². The Morgan fingerprint density at radius 1 is 1.27 bits per heavy atom. The van der Waals surface area contributed by atoms with Gasteiger partial charge in [0.05, 0.1) is 25.0 Å². The summed E-state index contributed by atoms with van der Waals surface area (Å²) in [5.41, 5.74) is -0.870. The van der Waals surface area contributed by atoms with E-state index in [0.717, 1.165) is 5.56 Å². The minimum Gasteiger partial charge on any atom is -0.481 e. The average molecular weight is 531 g/mol. The van der Waals surface area contributed by atoms with Gasteiger partial charge in [0.2, 0.25) is 5.28 Å². The number of carboxylic acid groups (broad SMARTS) is 2. The standard InChI is InChI=1S/C24H23ClN4O8/c1-2-24(35)16(11-36-15(22(33)34)10-13-6-4-3-5-7-13)37-21(19(24)32)29-12-26-18-14(8-9-17(30)31)27-23(25)28-20(18)29/h1,3-7,12,15-16,19,21,32,35H,8-11H2,(H,30,31)(H,33,34)/t15?,16-,19+,21-,24-/m1/s1. The minimum atomic E-state index is -2.24. The van der Waals surface area contributed by atoms with Gasteiger partial charge in [-0.25, -0.2) is 14.8 Å². The first-order valence-corrected chi connectivity index (χ1v) is 11.5. The van der Waals surface area contributed by atoms with Crippen molar-refractivity contribution >= 4 is 34.7 Å². The molecule has 0 bridgehead atoms. The number of hydrogen-bond acceptors (Lipinski definition) is 9. The number of hydrogen-bond donors (Lipinski definition) is 4. The SMILES string of the molecule is C#C[C@@]1(O)[C@@H](COC(Cc2ccccc2)C(=O)O)O[C@@H](n2cnc3c(CCC(=O)O)nc(Cl)nc32)[C@@H]1O. The van der Waals surface area contributed by atoms with E-state index in [1.165, 1.54) is 10.9 Å². The summed E-state index contributed by atoms with van der Waals surface area (Å²) in [6, 6.07) is 8.85. The van der Waals surface area contributed by atoms with Crippen LogP contribution >= 0.6 is 11.6 Å². The van der Waals surface area contributed by atoms with E-state index >= 15 is 0 Å². The van der Waals surface area contributed by atoms with Gasteiger partial charge in [0.1, 0.15) is 17.7 Å². The first-order valence-electron chi connectivity index (χ1n) is 11.2. The fourth-order valence-corrected chi connectivity index (χ4v) is 4.28. The molecular weight excluding hydrogens is 508 g/mol. The lowest BCUT2D eigenvalue weighted by Crippen LogP contribution is -2.48. The van der Waals surface area contributed by atoms with E-state index in [-0.39, 0.29) is 41.4 Å². The van der Waals surface area contributed by atoms with E-state index in [1.54, 1.807) is 30.3 Å². The number of ether oxygens (including phenoxy) is 2. The highest BCUT2D eigenvalue weighted by Crippen LogP contribution is 2.38. The molecule has 5 atom stereocenters. The van der Waals surface area contributed by atoms with Crippen LogP contribution in [-0.2, 0) is 31.9 Å². The van der Waals surface area contributed by atoms with Gasteiger partial charge in [-0.3, -0.25) is 9.36 Å². The number of aliphatic carboxylic acids is 2. The van der Waals surface area contributed by atoms with Crippen LogP contribution in [0.3, 0.4) is 0 Å². The fourth-order valence-electron chi connectivity index (χ4n) is 4.10. The molecule has 194 valence electrons. The van der Waals surface area contributed by atoms with Crippen molar-refractivity contribution in [3.05, 3.63) is 53.2 Å². The van der Waals surface area contributed by atoms with Crippen molar-refractivity contribution in [3.8, 4) is 12.3 Å². The van der Waals surface area contributed by atoms with Gasteiger partial charge in [-0.2, -0.15) is 4.98 Å². The zero-order valence-electron chi connectivity index (χ0n) is 19.3. The summed E-state index contributed by atoms with van der Waals surface area (Å²) in [6.45, 7) is -0.440.